The molecule has 0 heterocycles. The summed E-state index contributed by atoms with van der Waals surface area (Å²) in [7, 11) is 3.43. The number of benzene rings is 1. The fourth-order valence-electron chi connectivity index (χ4n) is 0.823. The Bertz CT molecular complexity index is 188. The van der Waals surface area contributed by atoms with E-state index < -0.39 is 0 Å². The third-order valence-corrected chi connectivity index (χ3v) is 1.41. The smallest absolute Gasteiger partial charge is 0.00550 e. The molecule has 1 aromatic carbocycles. The van der Waals surface area contributed by atoms with Crippen molar-refractivity contribution in [2.75, 3.05) is 0 Å². The van der Waals surface area contributed by atoms with Crippen LogP contribution in [-0.4, -0.2) is 0 Å². The maximum atomic E-state index is 3.79. The fraction of sp³-hybridized carbons (Fsp3) is 0.222. The van der Waals surface area contributed by atoms with Crippen LogP contribution in [0, 0.1) is 14.0 Å². The summed E-state index contributed by atoms with van der Waals surface area (Å²) in [5, 5.41) is 3.79. The molecule has 0 saturated carbocycles. The Labute approximate surface area is 62.1 Å². The molecule has 1 rings (SSSR count). The van der Waals surface area contributed by atoms with Gasteiger partial charge in [-0.05, 0) is 12.5 Å². The predicted molar refractivity (Wildman–Crippen MR) is 42.4 cm³/mol. The number of aryl methyl sites for hydroxylation is 1. The van der Waals surface area contributed by atoms with Gasteiger partial charge in [-0.1, -0.05) is 29.8 Å². The zero-order chi connectivity index (χ0) is 7.40. The van der Waals surface area contributed by atoms with E-state index >= 15 is 0 Å². The van der Waals surface area contributed by atoms with Gasteiger partial charge < -0.3 is 5.32 Å². The molecule has 0 aromatic heterocycles. The van der Waals surface area contributed by atoms with Gasteiger partial charge in [0.2, 0.25) is 0 Å². The van der Waals surface area contributed by atoms with Crippen molar-refractivity contribution in [2.24, 2.45) is 0 Å². The third kappa shape index (κ3) is 1.85. The summed E-state index contributed by atoms with van der Waals surface area (Å²) < 4.78 is 0. The van der Waals surface area contributed by atoms with Crippen LogP contribution < -0.4 is 5.32 Å². The lowest BCUT2D eigenvalue weighted by molar-refractivity contribution is 0.848. The molecule has 0 aliphatic heterocycles. The maximum Gasteiger partial charge on any atom is 0.00550 e. The average Bonchev–Trinajstić information content (AvgIpc) is 1.95. The Morgan fingerprint density at radius 1 is 1.30 bits per heavy atom. The Morgan fingerprint density at radius 2 is 1.90 bits per heavy atom. The van der Waals surface area contributed by atoms with Crippen LogP contribution in [0.3, 0.4) is 0 Å². The van der Waals surface area contributed by atoms with Crippen LogP contribution >= 0.6 is 0 Å². The van der Waals surface area contributed by atoms with E-state index in [1.807, 2.05) is 0 Å². The summed E-state index contributed by atoms with van der Waals surface area (Å²) >= 11 is 0. The second kappa shape index (κ2) is 3.37. The van der Waals surface area contributed by atoms with E-state index in [-0.39, 0.29) is 0 Å². The molecule has 0 spiro atoms. The monoisotopic (exact) mass is 133 g/mol. The molecule has 1 radical (unpaired) electrons. The molecule has 0 atom stereocenters. The summed E-state index contributed by atoms with van der Waals surface area (Å²) in [6, 6.07) is 8.31. The summed E-state index contributed by atoms with van der Waals surface area (Å²) in [5.74, 6) is 0. The summed E-state index contributed by atoms with van der Waals surface area (Å²) in [6.07, 6.45) is 0. The second-order valence-electron chi connectivity index (χ2n) is 2.37. The first-order valence-electron chi connectivity index (χ1n) is 3.31. The molecular weight excluding hydrogens is 122 g/mol. The largest absolute Gasteiger partial charge is 0.420 e. The highest BCUT2D eigenvalue weighted by molar-refractivity contribution is 5.20. The topological polar surface area (TPSA) is 14.1 Å². The van der Waals surface area contributed by atoms with Gasteiger partial charge >= 0.3 is 0 Å². The van der Waals surface area contributed by atoms with E-state index in [0.29, 0.717) is 0 Å². The molecule has 0 unspecified atom stereocenters. The van der Waals surface area contributed by atoms with Gasteiger partial charge in [0.05, 0.1) is 0 Å². The number of hydrogen-bond acceptors (Lipinski definition) is 0. The van der Waals surface area contributed by atoms with Crippen LogP contribution in [-0.2, 0) is 6.54 Å². The standard InChI is InChI=1S/C9H11N/c1-8-3-5-9(6-4-8)7-10-2/h3-6H,2,7H2,1H3/q-1. The van der Waals surface area contributed by atoms with Crippen molar-refractivity contribution in [1.29, 1.82) is 0 Å². The summed E-state index contributed by atoms with van der Waals surface area (Å²) in [4.78, 5) is 0. The van der Waals surface area contributed by atoms with E-state index in [1.165, 1.54) is 11.1 Å². The number of nitrogens with zero attached hydrogens (tertiary/aromatic N) is 1. The van der Waals surface area contributed by atoms with Gasteiger partial charge in [-0.25, -0.2) is 0 Å². The van der Waals surface area contributed by atoms with Crippen LogP contribution in [0.1, 0.15) is 11.1 Å². The van der Waals surface area contributed by atoms with Crippen molar-refractivity contribution in [2.45, 2.75) is 13.5 Å². The fourth-order valence-corrected chi connectivity index (χ4v) is 0.823. The van der Waals surface area contributed by atoms with Gasteiger partial charge in [0.15, 0.2) is 0 Å². The zero-order valence-electron chi connectivity index (χ0n) is 6.17. The lowest BCUT2D eigenvalue weighted by Crippen LogP contribution is -1.93. The molecule has 0 saturated heterocycles. The first-order valence-corrected chi connectivity index (χ1v) is 3.31. The Kier molecular flexibility index (Phi) is 2.46. The lowest BCUT2D eigenvalue weighted by Gasteiger charge is -2.01. The lowest BCUT2D eigenvalue weighted by atomic mass is 10.1. The molecule has 0 fully saturated rings. The number of rotatable bonds is 2. The Balaban J connectivity index is 2.69. The van der Waals surface area contributed by atoms with Crippen molar-refractivity contribution in [1.82, 2.24) is 5.32 Å². The van der Waals surface area contributed by atoms with Crippen LogP contribution in [0.4, 0.5) is 0 Å². The minimum Gasteiger partial charge on any atom is -0.420 e. The average molecular weight is 133 g/mol. The molecule has 0 amide bonds. The molecule has 1 heteroatoms. The van der Waals surface area contributed by atoms with E-state index in [2.05, 4.69) is 43.6 Å². The quantitative estimate of drug-likeness (QED) is 0.547. The van der Waals surface area contributed by atoms with Gasteiger partial charge in [-0.15, -0.1) is 0 Å². The van der Waals surface area contributed by atoms with Gasteiger partial charge in [0.1, 0.15) is 0 Å². The Hall–Kier alpha value is -0.820. The van der Waals surface area contributed by atoms with Crippen LogP contribution in [0.2, 0.25) is 0 Å². The minimum atomic E-state index is 0.722. The zero-order valence-corrected chi connectivity index (χ0v) is 6.17. The van der Waals surface area contributed by atoms with E-state index in [9.17, 15) is 0 Å². The van der Waals surface area contributed by atoms with Crippen molar-refractivity contribution >= 4 is 0 Å². The first-order chi connectivity index (χ1) is 4.83. The Morgan fingerprint density at radius 3 is 2.40 bits per heavy atom. The van der Waals surface area contributed by atoms with Crippen molar-refractivity contribution < 1.29 is 0 Å². The SMILES string of the molecule is [CH2-][N]Cc1ccc(C)cc1. The van der Waals surface area contributed by atoms with Crippen LogP contribution in [0.5, 0.6) is 0 Å². The molecule has 0 N–H and O–H groups in total. The third-order valence-electron chi connectivity index (χ3n) is 1.41. The van der Waals surface area contributed by atoms with Gasteiger partial charge in [-0.2, -0.15) is 0 Å². The molecule has 10 heavy (non-hydrogen) atoms. The highest BCUT2D eigenvalue weighted by atomic mass is 14.8. The molecular formula is C9H11N-. The van der Waals surface area contributed by atoms with E-state index in [1.54, 1.807) is 0 Å². The molecule has 1 aromatic rings. The van der Waals surface area contributed by atoms with Gasteiger partial charge in [-0.3, -0.25) is 7.05 Å². The summed E-state index contributed by atoms with van der Waals surface area (Å²) in [6.45, 7) is 2.80. The highest BCUT2D eigenvalue weighted by Gasteiger charge is 1.86. The van der Waals surface area contributed by atoms with Crippen molar-refractivity contribution in [3.63, 3.8) is 0 Å². The van der Waals surface area contributed by atoms with E-state index in [4.69, 9.17) is 0 Å². The van der Waals surface area contributed by atoms with E-state index in [0.717, 1.165) is 6.54 Å². The number of hydrogen-bond donors (Lipinski definition) is 0. The molecule has 1 nitrogen and oxygen atoms in total. The van der Waals surface area contributed by atoms with Gasteiger partial charge in [0, 0.05) is 6.54 Å². The van der Waals surface area contributed by atoms with Crippen LogP contribution in [0.25, 0.3) is 0 Å². The predicted octanol–water partition coefficient (Wildman–Crippen LogP) is 1.89. The maximum absolute atomic E-state index is 3.79. The normalized spacial score (nSPS) is 9.80. The highest BCUT2D eigenvalue weighted by Crippen LogP contribution is 2.02. The van der Waals surface area contributed by atoms with Crippen LogP contribution in [0.15, 0.2) is 24.3 Å². The van der Waals surface area contributed by atoms with Gasteiger partial charge in [0.25, 0.3) is 0 Å². The molecule has 0 aliphatic carbocycles. The van der Waals surface area contributed by atoms with Crippen molar-refractivity contribution in [3.05, 3.63) is 42.4 Å². The molecule has 0 bridgehead atoms. The minimum absolute atomic E-state index is 0.722. The summed E-state index contributed by atoms with van der Waals surface area (Å²) in [5.41, 5.74) is 2.51. The molecule has 0 aliphatic rings. The second-order valence-corrected chi connectivity index (χ2v) is 2.37. The first kappa shape index (κ1) is 7.29. The van der Waals surface area contributed by atoms with Crippen molar-refractivity contribution in [3.8, 4) is 0 Å². The molecule has 53 valence electrons.